The highest BCUT2D eigenvalue weighted by molar-refractivity contribution is 5.85. The third-order valence-electron chi connectivity index (χ3n) is 5.43. The van der Waals surface area contributed by atoms with E-state index in [1.165, 1.54) is 23.6 Å². The van der Waals surface area contributed by atoms with Crippen LogP contribution in [0.4, 0.5) is 4.39 Å². The maximum Gasteiger partial charge on any atom is 0.243 e. The molecule has 158 valence electrons. The fraction of sp³-hybridized carbons (Fsp3) is 0.435. The molecule has 0 spiro atoms. The van der Waals surface area contributed by atoms with Crippen molar-refractivity contribution in [2.75, 3.05) is 19.6 Å². The van der Waals surface area contributed by atoms with E-state index in [1.807, 2.05) is 6.07 Å². The van der Waals surface area contributed by atoms with Crippen molar-refractivity contribution in [1.82, 2.24) is 9.96 Å². The minimum atomic E-state index is -0.310. The highest BCUT2D eigenvalue weighted by Gasteiger charge is 2.33. The van der Waals surface area contributed by atoms with Gasteiger partial charge >= 0.3 is 0 Å². The minimum absolute atomic E-state index is 0. The van der Waals surface area contributed by atoms with E-state index < -0.39 is 0 Å². The average molecular weight is 421 g/mol. The van der Waals surface area contributed by atoms with Gasteiger partial charge in [0.25, 0.3) is 0 Å². The number of halogens is 2. The number of carbonyl (C=O) groups is 1. The molecule has 0 aromatic heterocycles. The van der Waals surface area contributed by atoms with E-state index in [-0.39, 0.29) is 42.7 Å². The molecule has 2 unspecified atom stereocenters. The highest BCUT2D eigenvalue weighted by Crippen LogP contribution is 2.24. The van der Waals surface area contributed by atoms with Crippen molar-refractivity contribution >= 4 is 18.3 Å². The first kappa shape index (κ1) is 23.3. The van der Waals surface area contributed by atoms with Gasteiger partial charge in [-0.25, -0.2) is 9.45 Å². The van der Waals surface area contributed by atoms with Crippen LogP contribution in [0.1, 0.15) is 31.4 Å². The first-order valence-electron chi connectivity index (χ1n) is 9.97. The zero-order valence-electron chi connectivity index (χ0n) is 17.1. The van der Waals surface area contributed by atoms with Gasteiger partial charge in [-0.15, -0.1) is 12.4 Å². The highest BCUT2D eigenvalue weighted by atomic mass is 35.5. The van der Waals surface area contributed by atoms with Gasteiger partial charge in [0.15, 0.2) is 0 Å². The maximum absolute atomic E-state index is 13.8. The Bertz CT molecular complexity index is 774. The number of hydrogen-bond acceptors (Lipinski definition) is 3. The number of hydroxylamine groups is 2. The first-order valence-corrected chi connectivity index (χ1v) is 9.97. The second-order valence-electron chi connectivity index (χ2n) is 7.58. The lowest BCUT2D eigenvalue weighted by molar-refractivity contribution is -0.214. The maximum atomic E-state index is 13.8. The Labute approximate surface area is 179 Å². The molecule has 0 radical (unpaired) electrons. The molecule has 0 N–H and O–H groups in total. The Morgan fingerprint density at radius 2 is 1.86 bits per heavy atom. The molecule has 1 aliphatic rings. The molecule has 1 saturated heterocycles. The van der Waals surface area contributed by atoms with Gasteiger partial charge in [-0.2, -0.15) is 0 Å². The largest absolute Gasteiger partial charge is 0.303 e. The SMILES string of the molecule is CC(=O)N(OCc1ccccc1F)C1CCN(CCc2ccccc2)CC1C.Cl. The summed E-state index contributed by atoms with van der Waals surface area (Å²) in [6, 6.07) is 17.0. The molecule has 2 aromatic carbocycles. The third-order valence-corrected chi connectivity index (χ3v) is 5.43. The van der Waals surface area contributed by atoms with Crippen LogP contribution >= 0.6 is 12.4 Å². The zero-order chi connectivity index (χ0) is 19.9. The van der Waals surface area contributed by atoms with E-state index in [0.29, 0.717) is 5.56 Å². The number of hydrogen-bond donors (Lipinski definition) is 0. The lowest BCUT2D eigenvalue weighted by Gasteiger charge is -2.41. The molecule has 0 aliphatic carbocycles. The van der Waals surface area contributed by atoms with Gasteiger partial charge in [-0.05, 0) is 30.4 Å². The zero-order valence-corrected chi connectivity index (χ0v) is 17.9. The standard InChI is InChI=1S/C23H29FN2O2.ClH/c1-18-16-25(14-12-20-8-4-3-5-9-20)15-13-23(18)26(19(2)27)28-17-21-10-6-7-11-22(21)24;/h3-11,18,23H,12-17H2,1-2H3;1H. The summed E-state index contributed by atoms with van der Waals surface area (Å²) in [5.41, 5.74) is 1.80. The van der Waals surface area contributed by atoms with Gasteiger partial charge in [-0.1, -0.05) is 55.5 Å². The molecular formula is C23H30ClFN2O2. The molecular weight excluding hydrogens is 391 g/mol. The van der Waals surface area contributed by atoms with Crippen LogP contribution in [0.3, 0.4) is 0 Å². The Morgan fingerprint density at radius 1 is 1.17 bits per heavy atom. The summed E-state index contributed by atoms with van der Waals surface area (Å²) < 4.78 is 13.8. The van der Waals surface area contributed by atoms with Crippen LogP contribution < -0.4 is 0 Å². The van der Waals surface area contributed by atoms with Gasteiger partial charge in [-0.3, -0.25) is 9.63 Å². The van der Waals surface area contributed by atoms with E-state index in [9.17, 15) is 9.18 Å². The molecule has 4 nitrogen and oxygen atoms in total. The summed E-state index contributed by atoms with van der Waals surface area (Å²) in [6.07, 6.45) is 1.88. The smallest absolute Gasteiger partial charge is 0.243 e. The lowest BCUT2D eigenvalue weighted by Crippen LogP contribution is -2.51. The van der Waals surface area contributed by atoms with Crippen LogP contribution in [0.5, 0.6) is 0 Å². The van der Waals surface area contributed by atoms with E-state index in [1.54, 1.807) is 18.2 Å². The fourth-order valence-corrected chi connectivity index (χ4v) is 3.88. The van der Waals surface area contributed by atoms with Crippen LogP contribution in [-0.4, -0.2) is 41.5 Å². The van der Waals surface area contributed by atoms with E-state index in [2.05, 4.69) is 36.1 Å². The van der Waals surface area contributed by atoms with Gasteiger partial charge in [0.05, 0.1) is 6.04 Å². The Balaban J connectivity index is 0.00000300. The average Bonchev–Trinajstić information content (AvgIpc) is 2.69. The van der Waals surface area contributed by atoms with Crippen molar-refractivity contribution in [1.29, 1.82) is 0 Å². The summed E-state index contributed by atoms with van der Waals surface area (Å²) in [5, 5.41) is 1.46. The molecule has 2 aromatic rings. The van der Waals surface area contributed by atoms with Crippen LogP contribution in [0.25, 0.3) is 0 Å². The first-order chi connectivity index (χ1) is 13.5. The molecule has 1 amide bonds. The molecule has 1 aliphatic heterocycles. The van der Waals surface area contributed by atoms with Gasteiger partial charge in [0, 0.05) is 32.1 Å². The molecule has 2 atom stereocenters. The van der Waals surface area contributed by atoms with Crippen molar-refractivity contribution < 1.29 is 14.0 Å². The Morgan fingerprint density at radius 3 is 2.52 bits per heavy atom. The van der Waals surface area contributed by atoms with Crippen LogP contribution in [0.2, 0.25) is 0 Å². The monoisotopic (exact) mass is 420 g/mol. The second kappa shape index (κ2) is 11.3. The summed E-state index contributed by atoms with van der Waals surface area (Å²) in [6.45, 7) is 6.58. The lowest BCUT2D eigenvalue weighted by atomic mass is 9.93. The normalized spacial score (nSPS) is 19.4. The number of rotatable bonds is 7. The fourth-order valence-electron chi connectivity index (χ4n) is 3.88. The van der Waals surface area contributed by atoms with Crippen molar-refractivity contribution in [3.63, 3.8) is 0 Å². The number of benzene rings is 2. The second-order valence-corrected chi connectivity index (χ2v) is 7.58. The molecule has 0 saturated carbocycles. The third kappa shape index (κ3) is 6.53. The number of carbonyl (C=O) groups excluding carboxylic acids is 1. The molecule has 1 fully saturated rings. The predicted molar refractivity (Wildman–Crippen MR) is 115 cm³/mol. The van der Waals surface area contributed by atoms with Crippen LogP contribution in [0.15, 0.2) is 54.6 Å². The van der Waals surface area contributed by atoms with Crippen molar-refractivity contribution in [3.8, 4) is 0 Å². The molecule has 29 heavy (non-hydrogen) atoms. The van der Waals surface area contributed by atoms with E-state index in [0.717, 1.165) is 32.5 Å². The minimum Gasteiger partial charge on any atom is -0.303 e. The molecule has 1 heterocycles. The number of nitrogens with zero attached hydrogens (tertiary/aromatic N) is 2. The Kier molecular flexibility index (Phi) is 9.08. The molecule has 6 heteroatoms. The quantitative estimate of drug-likeness (QED) is 0.619. The Hall–Kier alpha value is -1.95. The summed E-state index contributed by atoms with van der Waals surface area (Å²) in [4.78, 5) is 20.4. The topological polar surface area (TPSA) is 32.8 Å². The number of piperidine rings is 1. The number of amides is 1. The van der Waals surface area contributed by atoms with Gasteiger partial charge in [0.1, 0.15) is 12.4 Å². The van der Waals surface area contributed by atoms with E-state index >= 15 is 0 Å². The number of likely N-dealkylation sites (tertiary alicyclic amines) is 1. The van der Waals surface area contributed by atoms with Crippen LogP contribution in [-0.2, 0) is 22.7 Å². The summed E-state index contributed by atoms with van der Waals surface area (Å²) in [5.74, 6) is -0.158. The van der Waals surface area contributed by atoms with Crippen molar-refractivity contribution in [2.24, 2.45) is 5.92 Å². The summed E-state index contributed by atoms with van der Waals surface area (Å²) in [7, 11) is 0. The summed E-state index contributed by atoms with van der Waals surface area (Å²) >= 11 is 0. The molecule has 0 bridgehead atoms. The predicted octanol–water partition coefficient (Wildman–Crippen LogP) is 4.48. The molecule has 3 rings (SSSR count). The van der Waals surface area contributed by atoms with E-state index in [4.69, 9.17) is 4.84 Å². The van der Waals surface area contributed by atoms with Crippen molar-refractivity contribution in [3.05, 3.63) is 71.5 Å². The van der Waals surface area contributed by atoms with Gasteiger partial charge in [0.2, 0.25) is 5.91 Å². The van der Waals surface area contributed by atoms with Gasteiger partial charge < -0.3 is 4.90 Å². The van der Waals surface area contributed by atoms with Crippen molar-refractivity contribution in [2.45, 2.75) is 39.3 Å². The van der Waals surface area contributed by atoms with Crippen LogP contribution in [0, 0.1) is 11.7 Å².